The van der Waals surface area contributed by atoms with Crippen LogP contribution in [0.4, 0.5) is 15.8 Å². The molecular weight excluding hydrogens is 453 g/mol. The van der Waals surface area contributed by atoms with Crippen molar-refractivity contribution in [3.63, 3.8) is 0 Å². The molecule has 5 rings (SSSR count). The molecule has 34 heavy (non-hydrogen) atoms. The number of benzene rings is 2. The van der Waals surface area contributed by atoms with Gasteiger partial charge in [-0.05, 0) is 30.2 Å². The molecule has 0 bridgehead atoms. The Hall–Kier alpha value is -3.20. The second-order valence-electron chi connectivity index (χ2n) is 8.83. The smallest absolute Gasteiger partial charge is 0.259 e. The number of para-hydroxylation sites is 2. The number of rotatable bonds is 4. The number of amides is 2. The molecule has 7 nitrogen and oxygen atoms in total. The van der Waals surface area contributed by atoms with Crippen LogP contribution in [0.15, 0.2) is 58.5 Å². The molecule has 0 radical (unpaired) electrons. The first kappa shape index (κ1) is 22.6. The number of hydrogen-bond acceptors (Lipinski definition) is 6. The number of fused-ring (bicyclic) bond motifs is 3. The predicted octanol–water partition coefficient (Wildman–Crippen LogP) is 3.52. The molecule has 0 aliphatic carbocycles. The van der Waals surface area contributed by atoms with E-state index in [0.717, 1.165) is 11.3 Å². The Morgan fingerprint density at radius 3 is 2.53 bits per heavy atom. The molecule has 0 unspecified atom stereocenters. The summed E-state index contributed by atoms with van der Waals surface area (Å²) in [5.41, 5.74) is 2.15. The number of aliphatic imine (C=N–C) groups is 2. The number of halogens is 1. The molecule has 3 aliphatic heterocycles. The van der Waals surface area contributed by atoms with Crippen LogP contribution >= 0.6 is 11.8 Å². The van der Waals surface area contributed by atoms with Gasteiger partial charge in [0.15, 0.2) is 5.17 Å². The first-order valence-electron chi connectivity index (χ1n) is 11.4. The van der Waals surface area contributed by atoms with E-state index in [-0.39, 0.29) is 29.3 Å². The van der Waals surface area contributed by atoms with Crippen molar-refractivity contribution in [2.24, 2.45) is 15.9 Å². The summed E-state index contributed by atoms with van der Waals surface area (Å²) >= 11 is 1.27. The molecule has 3 heterocycles. The molecule has 9 heteroatoms. The highest BCUT2D eigenvalue weighted by atomic mass is 32.2. The van der Waals surface area contributed by atoms with Crippen molar-refractivity contribution in [2.45, 2.75) is 19.9 Å². The largest absolute Gasteiger partial charge is 0.366 e. The summed E-state index contributed by atoms with van der Waals surface area (Å²) in [7, 11) is 0. The van der Waals surface area contributed by atoms with E-state index < -0.39 is 6.04 Å². The van der Waals surface area contributed by atoms with Crippen molar-refractivity contribution in [2.75, 3.05) is 36.8 Å². The van der Waals surface area contributed by atoms with Crippen LogP contribution in [0.5, 0.6) is 0 Å². The second-order valence-corrected chi connectivity index (χ2v) is 9.78. The van der Waals surface area contributed by atoms with E-state index in [1.54, 1.807) is 21.9 Å². The third-order valence-electron chi connectivity index (χ3n) is 6.28. The Balaban J connectivity index is 1.27. The summed E-state index contributed by atoms with van der Waals surface area (Å²) in [6.07, 6.45) is 0. The van der Waals surface area contributed by atoms with Gasteiger partial charge in [-0.3, -0.25) is 14.6 Å². The molecule has 0 N–H and O–H groups in total. The summed E-state index contributed by atoms with van der Waals surface area (Å²) in [6, 6.07) is 13.9. The molecule has 2 aromatic carbocycles. The lowest BCUT2D eigenvalue weighted by Crippen LogP contribution is -2.50. The van der Waals surface area contributed by atoms with Crippen molar-refractivity contribution >= 4 is 46.0 Å². The first-order valence-corrected chi connectivity index (χ1v) is 12.4. The van der Waals surface area contributed by atoms with Crippen molar-refractivity contribution in [3.8, 4) is 0 Å². The number of amidine groups is 2. The maximum absolute atomic E-state index is 14.1. The van der Waals surface area contributed by atoms with Crippen molar-refractivity contribution in [1.29, 1.82) is 0 Å². The Morgan fingerprint density at radius 1 is 1.09 bits per heavy atom. The molecule has 1 fully saturated rings. The van der Waals surface area contributed by atoms with Gasteiger partial charge in [-0.2, -0.15) is 0 Å². The number of carbonyl (C=O) groups is 2. The van der Waals surface area contributed by atoms with Gasteiger partial charge >= 0.3 is 0 Å². The number of thioether (sulfide) groups is 1. The Bertz CT molecular complexity index is 1190. The Labute approximate surface area is 202 Å². The number of anilines is 1. The Morgan fingerprint density at radius 2 is 1.79 bits per heavy atom. The molecule has 0 aromatic heterocycles. The zero-order chi connectivity index (χ0) is 23.8. The monoisotopic (exact) mass is 479 g/mol. The minimum absolute atomic E-state index is 0.0229. The van der Waals surface area contributed by atoms with E-state index >= 15 is 0 Å². The van der Waals surface area contributed by atoms with Gasteiger partial charge in [-0.1, -0.05) is 49.9 Å². The lowest BCUT2D eigenvalue weighted by molar-refractivity contribution is -0.128. The highest BCUT2D eigenvalue weighted by molar-refractivity contribution is 8.14. The molecule has 3 aliphatic rings. The number of carbonyl (C=O) groups excluding carboxylic acids is 2. The van der Waals surface area contributed by atoms with Crippen molar-refractivity contribution in [1.82, 2.24) is 9.80 Å². The van der Waals surface area contributed by atoms with Gasteiger partial charge in [-0.25, -0.2) is 14.3 Å². The minimum Gasteiger partial charge on any atom is -0.366 e. The van der Waals surface area contributed by atoms with Crippen LogP contribution in [0.25, 0.3) is 0 Å². The summed E-state index contributed by atoms with van der Waals surface area (Å²) in [6.45, 7) is 6.14. The molecule has 1 saturated heterocycles. The van der Waals surface area contributed by atoms with Crippen molar-refractivity contribution < 1.29 is 14.0 Å². The quantitative estimate of drug-likeness (QED) is 0.673. The summed E-state index contributed by atoms with van der Waals surface area (Å²) in [5, 5.41) is 0.490. The summed E-state index contributed by atoms with van der Waals surface area (Å²) in [4.78, 5) is 40.8. The van der Waals surface area contributed by atoms with Crippen LogP contribution in [0, 0.1) is 11.7 Å². The van der Waals surface area contributed by atoms with E-state index in [0.29, 0.717) is 42.9 Å². The van der Waals surface area contributed by atoms with Gasteiger partial charge in [0.05, 0.1) is 17.1 Å². The fourth-order valence-corrected chi connectivity index (χ4v) is 5.33. The van der Waals surface area contributed by atoms with E-state index in [1.807, 2.05) is 49.1 Å². The van der Waals surface area contributed by atoms with E-state index in [9.17, 15) is 14.0 Å². The zero-order valence-electron chi connectivity index (χ0n) is 19.1. The number of hydrogen-bond donors (Lipinski definition) is 0. The summed E-state index contributed by atoms with van der Waals surface area (Å²) in [5.74, 6) is 0.478. The average Bonchev–Trinajstić information content (AvgIpc) is 3.21. The molecule has 2 amide bonds. The normalized spacial score (nSPS) is 19.7. The van der Waals surface area contributed by atoms with Gasteiger partial charge in [0.25, 0.3) is 5.91 Å². The zero-order valence-corrected chi connectivity index (χ0v) is 20.0. The van der Waals surface area contributed by atoms with Crippen LogP contribution in [0.2, 0.25) is 0 Å². The number of piperazine rings is 1. The maximum atomic E-state index is 14.1. The lowest BCUT2D eigenvalue weighted by atomic mass is 10.1. The molecule has 176 valence electrons. The highest BCUT2D eigenvalue weighted by Gasteiger charge is 2.42. The van der Waals surface area contributed by atoms with Crippen LogP contribution in [0.1, 0.15) is 19.4 Å². The standard InChI is InChI=1S/C25H26FN5O2S/c1-16(2)22-24(33)31-23(28-22)17-7-3-5-9-19(17)27-25(31)34-15-21(32)30-13-11-29(12-14-30)20-10-6-4-8-18(20)26/h3-10,16,22H,11-15H2,1-2H3/t22-/m1/s1. The predicted molar refractivity (Wildman–Crippen MR) is 133 cm³/mol. The second kappa shape index (κ2) is 9.21. The molecule has 1 atom stereocenters. The number of nitrogens with zero attached hydrogens (tertiary/aromatic N) is 5. The third kappa shape index (κ3) is 4.09. The van der Waals surface area contributed by atoms with E-state index in [4.69, 9.17) is 9.98 Å². The van der Waals surface area contributed by atoms with Crippen LogP contribution < -0.4 is 4.90 Å². The lowest BCUT2D eigenvalue weighted by Gasteiger charge is -2.36. The fraction of sp³-hybridized carbons (Fsp3) is 0.360. The first-order chi connectivity index (χ1) is 16.4. The van der Waals surface area contributed by atoms with Crippen LogP contribution in [-0.2, 0) is 9.59 Å². The van der Waals surface area contributed by atoms with Crippen LogP contribution in [0.3, 0.4) is 0 Å². The molecular formula is C25H26FN5O2S. The maximum Gasteiger partial charge on any atom is 0.259 e. The molecule has 0 spiro atoms. The SMILES string of the molecule is CC(C)[C@H]1N=C2c3ccccc3N=C(SCC(=O)N3CCN(c4ccccc4F)CC3)N2C1=O. The van der Waals surface area contributed by atoms with Gasteiger partial charge in [-0.15, -0.1) is 0 Å². The molecule has 0 saturated carbocycles. The van der Waals surface area contributed by atoms with E-state index in [2.05, 4.69) is 0 Å². The average molecular weight is 480 g/mol. The highest BCUT2D eigenvalue weighted by Crippen LogP contribution is 2.34. The minimum atomic E-state index is -0.450. The van der Waals surface area contributed by atoms with Gasteiger partial charge in [0.1, 0.15) is 17.7 Å². The third-order valence-corrected chi connectivity index (χ3v) is 7.20. The Kier molecular flexibility index (Phi) is 6.12. The van der Waals surface area contributed by atoms with Gasteiger partial charge in [0.2, 0.25) is 5.91 Å². The topological polar surface area (TPSA) is 68.6 Å². The molecule has 2 aromatic rings. The fourth-order valence-electron chi connectivity index (χ4n) is 4.42. The van der Waals surface area contributed by atoms with Crippen LogP contribution in [-0.4, -0.2) is 70.6 Å². The van der Waals surface area contributed by atoms with E-state index in [1.165, 1.54) is 17.8 Å². The van der Waals surface area contributed by atoms with Gasteiger partial charge < -0.3 is 9.80 Å². The van der Waals surface area contributed by atoms with Crippen molar-refractivity contribution in [3.05, 3.63) is 59.9 Å². The summed E-state index contributed by atoms with van der Waals surface area (Å²) < 4.78 is 14.1. The van der Waals surface area contributed by atoms with Gasteiger partial charge in [0, 0.05) is 31.7 Å².